The highest BCUT2D eigenvalue weighted by Crippen LogP contribution is 2.26. The van der Waals surface area contributed by atoms with Gasteiger partial charge in [0.05, 0.1) is 0 Å². The summed E-state index contributed by atoms with van der Waals surface area (Å²) in [5, 5.41) is 3.76. The van der Waals surface area contributed by atoms with Crippen molar-refractivity contribution in [2.45, 2.75) is 58.0 Å². The fraction of sp³-hybridized carbons (Fsp3) is 0.435. The Morgan fingerprint density at radius 2 is 1.85 bits per heavy atom. The van der Waals surface area contributed by atoms with E-state index in [0.717, 1.165) is 36.5 Å². The largest absolute Gasteiger partial charge is 0.481 e. The van der Waals surface area contributed by atoms with E-state index in [1.807, 2.05) is 37.3 Å². The van der Waals surface area contributed by atoms with Crippen LogP contribution in [-0.2, 0) is 24.1 Å². The first-order chi connectivity index (χ1) is 13.2. The number of fused-ring (bicyclic) bond motifs is 1. The third-order valence-corrected chi connectivity index (χ3v) is 5.37. The molecule has 2 aromatic carbocycles. The van der Waals surface area contributed by atoms with Crippen LogP contribution in [0.15, 0.2) is 42.5 Å². The fourth-order valence-corrected chi connectivity index (χ4v) is 3.66. The molecule has 1 aliphatic carbocycles. The van der Waals surface area contributed by atoms with Gasteiger partial charge in [-0.1, -0.05) is 36.7 Å². The van der Waals surface area contributed by atoms with E-state index < -0.39 is 6.10 Å². The summed E-state index contributed by atoms with van der Waals surface area (Å²) < 4.78 is 5.99. The Morgan fingerprint density at radius 3 is 2.59 bits per heavy atom. The van der Waals surface area contributed by atoms with Gasteiger partial charge in [-0.3, -0.25) is 4.79 Å². The van der Waals surface area contributed by atoms with Crippen LogP contribution in [0.5, 0.6) is 5.75 Å². The van der Waals surface area contributed by atoms with Crippen LogP contribution in [0.25, 0.3) is 0 Å². The van der Waals surface area contributed by atoms with Gasteiger partial charge in [-0.05, 0) is 85.9 Å². The molecule has 1 amide bonds. The van der Waals surface area contributed by atoms with Gasteiger partial charge in [0, 0.05) is 11.6 Å². The van der Waals surface area contributed by atoms with Crippen molar-refractivity contribution in [3.63, 3.8) is 0 Å². The molecule has 3 rings (SSSR count). The molecule has 0 heterocycles. The minimum Gasteiger partial charge on any atom is -0.481 e. The number of aryl methyl sites for hydroxylation is 3. The van der Waals surface area contributed by atoms with Crippen LogP contribution in [0.1, 0.15) is 49.3 Å². The molecule has 2 aromatic rings. The van der Waals surface area contributed by atoms with Crippen LogP contribution in [-0.4, -0.2) is 18.6 Å². The molecule has 0 spiro atoms. The lowest BCUT2D eigenvalue weighted by molar-refractivity contribution is -0.128. The molecule has 0 bridgehead atoms. The summed E-state index contributed by atoms with van der Waals surface area (Å²) in [4.78, 5) is 12.5. The number of hydrogen-bond acceptors (Lipinski definition) is 2. The molecule has 0 saturated heterocycles. The van der Waals surface area contributed by atoms with Crippen molar-refractivity contribution in [3.05, 3.63) is 64.2 Å². The van der Waals surface area contributed by atoms with E-state index in [1.165, 1.54) is 29.5 Å². The number of carbonyl (C=O) groups excluding carboxylic acids is 1. The Labute approximate surface area is 167 Å². The Kier molecular flexibility index (Phi) is 7.17. The van der Waals surface area contributed by atoms with Crippen molar-refractivity contribution in [2.24, 2.45) is 0 Å². The number of hydrogen-bond donors (Lipinski definition) is 1. The number of ether oxygens (including phenoxy) is 1. The lowest BCUT2D eigenvalue weighted by Gasteiger charge is -2.20. The fourth-order valence-electron chi connectivity index (χ4n) is 3.54. The van der Waals surface area contributed by atoms with Crippen molar-refractivity contribution in [1.82, 2.24) is 5.32 Å². The van der Waals surface area contributed by atoms with Gasteiger partial charge in [0.25, 0.3) is 5.91 Å². The van der Waals surface area contributed by atoms with Crippen LogP contribution >= 0.6 is 11.6 Å². The van der Waals surface area contributed by atoms with E-state index >= 15 is 0 Å². The molecule has 144 valence electrons. The quantitative estimate of drug-likeness (QED) is 0.640. The Bertz CT molecular complexity index is 757. The standard InChI is InChI=1S/C23H28ClNO2/c1-2-22(27-21-14-11-18-7-3-4-8-19(18)16-21)23(26)25-15-5-6-17-9-12-20(24)13-10-17/h9-14,16,22H,2-8,15H2,1H3,(H,25,26)/t22-/m0/s1. The van der Waals surface area contributed by atoms with Crippen LogP contribution in [0.4, 0.5) is 0 Å². The van der Waals surface area contributed by atoms with Gasteiger partial charge in [0.15, 0.2) is 6.10 Å². The smallest absolute Gasteiger partial charge is 0.261 e. The number of amides is 1. The predicted octanol–water partition coefficient (Wildman–Crippen LogP) is 5.13. The van der Waals surface area contributed by atoms with Gasteiger partial charge in [-0.2, -0.15) is 0 Å². The molecule has 27 heavy (non-hydrogen) atoms. The molecule has 4 heteroatoms. The molecule has 0 fully saturated rings. The van der Waals surface area contributed by atoms with Gasteiger partial charge < -0.3 is 10.1 Å². The zero-order valence-corrected chi connectivity index (χ0v) is 16.7. The van der Waals surface area contributed by atoms with E-state index in [2.05, 4.69) is 17.4 Å². The highest BCUT2D eigenvalue weighted by molar-refractivity contribution is 6.30. The van der Waals surface area contributed by atoms with E-state index in [0.29, 0.717) is 13.0 Å². The average molecular weight is 386 g/mol. The number of benzene rings is 2. The van der Waals surface area contributed by atoms with Gasteiger partial charge >= 0.3 is 0 Å². The Balaban J connectivity index is 1.46. The third-order valence-electron chi connectivity index (χ3n) is 5.12. The van der Waals surface area contributed by atoms with E-state index in [4.69, 9.17) is 16.3 Å². The second-order valence-corrected chi connectivity index (χ2v) is 7.61. The van der Waals surface area contributed by atoms with Gasteiger partial charge in [0.2, 0.25) is 0 Å². The minimum absolute atomic E-state index is 0.0358. The highest BCUT2D eigenvalue weighted by atomic mass is 35.5. The maximum atomic E-state index is 12.5. The Hall–Kier alpha value is -2.00. The number of nitrogens with one attached hydrogen (secondary N) is 1. The van der Waals surface area contributed by atoms with Crippen molar-refractivity contribution in [3.8, 4) is 5.75 Å². The molecule has 0 saturated carbocycles. The van der Waals surface area contributed by atoms with Gasteiger partial charge in [-0.15, -0.1) is 0 Å². The molecule has 0 aromatic heterocycles. The van der Waals surface area contributed by atoms with Crippen molar-refractivity contribution >= 4 is 17.5 Å². The van der Waals surface area contributed by atoms with Crippen LogP contribution in [0.3, 0.4) is 0 Å². The molecule has 0 aliphatic heterocycles. The van der Waals surface area contributed by atoms with Crippen LogP contribution in [0.2, 0.25) is 5.02 Å². The zero-order valence-electron chi connectivity index (χ0n) is 16.0. The monoisotopic (exact) mass is 385 g/mol. The molecule has 3 nitrogen and oxygen atoms in total. The normalized spacial score (nSPS) is 14.3. The summed E-state index contributed by atoms with van der Waals surface area (Å²) in [5.41, 5.74) is 4.02. The second-order valence-electron chi connectivity index (χ2n) is 7.17. The minimum atomic E-state index is -0.442. The summed E-state index contributed by atoms with van der Waals surface area (Å²) in [6, 6.07) is 14.1. The number of halogens is 1. The maximum Gasteiger partial charge on any atom is 0.261 e. The van der Waals surface area contributed by atoms with Gasteiger partial charge in [-0.25, -0.2) is 0 Å². The van der Waals surface area contributed by atoms with Crippen molar-refractivity contribution in [2.75, 3.05) is 6.54 Å². The summed E-state index contributed by atoms with van der Waals surface area (Å²) >= 11 is 5.90. The average Bonchev–Trinajstić information content (AvgIpc) is 2.70. The first kappa shape index (κ1) is 19.8. The highest BCUT2D eigenvalue weighted by Gasteiger charge is 2.19. The summed E-state index contributed by atoms with van der Waals surface area (Å²) in [6.07, 6.45) is 6.79. The second kappa shape index (κ2) is 9.80. The van der Waals surface area contributed by atoms with Crippen molar-refractivity contribution < 1.29 is 9.53 Å². The van der Waals surface area contributed by atoms with Crippen molar-refractivity contribution in [1.29, 1.82) is 0 Å². The summed E-state index contributed by atoms with van der Waals surface area (Å²) in [5.74, 6) is 0.769. The molecule has 1 N–H and O–H groups in total. The van der Waals surface area contributed by atoms with Crippen LogP contribution in [0, 0.1) is 0 Å². The molecule has 0 unspecified atom stereocenters. The maximum absolute atomic E-state index is 12.5. The summed E-state index contributed by atoms with van der Waals surface area (Å²) in [7, 11) is 0. The predicted molar refractivity (Wildman–Crippen MR) is 111 cm³/mol. The third kappa shape index (κ3) is 5.74. The van der Waals surface area contributed by atoms with E-state index in [-0.39, 0.29) is 5.91 Å². The molecule has 1 atom stereocenters. The lowest BCUT2D eigenvalue weighted by Crippen LogP contribution is -2.38. The van der Waals surface area contributed by atoms with E-state index in [1.54, 1.807) is 0 Å². The molecular formula is C23H28ClNO2. The first-order valence-electron chi connectivity index (χ1n) is 9.96. The molecular weight excluding hydrogens is 358 g/mol. The molecule has 1 aliphatic rings. The summed E-state index contributed by atoms with van der Waals surface area (Å²) in [6.45, 7) is 2.63. The first-order valence-corrected chi connectivity index (χ1v) is 10.3. The number of carbonyl (C=O) groups is 1. The number of rotatable bonds is 8. The topological polar surface area (TPSA) is 38.3 Å². The van der Waals surface area contributed by atoms with Crippen LogP contribution < -0.4 is 10.1 Å². The zero-order chi connectivity index (χ0) is 19.1. The molecule has 0 radical (unpaired) electrons. The Morgan fingerprint density at radius 1 is 1.11 bits per heavy atom. The lowest BCUT2D eigenvalue weighted by atomic mass is 9.92. The van der Waals surface area contributed by atoms with E-state index in [9.17, 15) is 4.79 Å². The SMILES string of the molecule is CC[C@H](Oc1ccc2c(c1)CCCC2)C(=O)NCCCc1ccc(Cl)cc1. The van der Waals surface area contributed by atoms with Gasteiger partial charge in [0.1, 0.15) is 5.75 Å².